The lowest BCUT2D eigenvalue weighted by Crippen LogP contribution is -1.99. The average Bonchev–Trinajstić information content (AvgIpc) is 2.60. The Bertz CT molecular complexity index is 1080. The first-order valence-electron chi connectivity index (χ1n) is 7.19. The van der Waals surface area contributed by atoms with Crippen LogP contribution in [0.15, 0.2) is 69.7 Å². The largest absolute Gasteiger partial charge is 0.507 e. The lowest BCUT2D eigenvalue weighted by molar-refractivity contribution is 0.416. The third-order valence-electron chi connectivity index (χ3n) is 3.59. The number of hydrogen-bond donors (Lipinski definition) is 2. The number of para-hydroxylation sites is 1. The van der Waals surface area contributed by atoms with Crippen LogP contribution in [0.1, 0.15) is 0 Å². The number of aromatic hydroxyl groups is 1. The second-order valence-electron chi connectivity index (χ2n) is 5.13. The van der Waals surface area contributed by atoms with Gasteiger partial charge >= 0.3 is 0 Å². The monoisotopic (exact) mass is 358 g/mol. The summed E-state index contributed by atoms with van der Waals surface area (Å²) < 4.78 is 38.0. The van der Waals surface area contributed by atoms with E-state index in [9.17, 15) is 18.1 Å². The third-order valence-corrected chi connectivity index (χ3v) is 4.48. The second kappa shape index (κ2) is 6.50. The van der Waals surface area contributed by atoms with Crippen molar-refractivity contribution in [2.24, 2.45) is 10.2 Å². The molecule has 8 heteroatoms. The highest BCUT2D eigenvalue weighted by atomic mass is 32.2. The highest BCUT2D eigenvalue weighted by Crippen LogP contribution is 2.38. The maximum Gasteiger partial charge on any atom is 0.295 e. The van der Waals surface area contributed by atoms with Crippen LogP contribution in [0.3, 0.4) is 0 Å². The van der Waals surface area contributed by atoms with Crippen LogP contribution in [0.5, 0.6) is 11.5 Å². The zero-order valence-corrected chi connectivity index (χ0v) is 13.9. The molecule has 0 aliphatic carbocycles. The van der Waals surface area contributed by atoms with Crippen LogP contribution in [0.2, 0.25) is 0 Å². The predicted octanol–water partition coefficient (Wildman–Crippen LogP) is 4.22. The van der Waals surface area contributed by atoms with Gasteiger partial charge in [0.1, 0.15) is 22.1 Å². The van der Waals surface area contributed by atoms with E-state index >= 15 is 0 Å². The molecule has 0 unspecified atom stereocenters. The molecule has 3 rings (SSSR count). The molecule has 0 atom stereocenters. The standard InChI is InChI=1S/C17H14N2O5S/c1-24-15-7-3-2-6-12(15)18-19-13-9-10-14(20)11-5-4-8-16(17(11)13)25(21,22)23/h2-10,20H,1H3,(H,21,22,23). The molecule has 0 spiro atoms. The molecule has 0 heterocycles. The number of hydrogen-bond acceptors (Lipinski definition) is 6. The van der Waals surface area contributed by atoms with Crippen LogP contribution in [0.4, 0.5) is 11.4 Å². The number of methoxy groups -OCH3 is 1. The number of azo groups is 1. The third kappa shape index (κ3) is 3.30. The molecule has 25 heavy (non-hydrogen) atoms. The lowest BCUT2D eigenvalue weighted by atomic mass is 10.1. The fourth-order valence-electron chi connectivity index (χ4n) is 2.46. The minimum Gasteiger partial charge on any atom is -0.507 e. The summed E-state index contributed by atoms with van der Waals surface area (Å²) in [6.45, 7) is 0. The van der Waals surface area contributed by atoms with Gasteiger partial charge in [-0.05, 0) is 30.3 Å². The second-order valence-corrected chi connectivity index (χ2v) is 6.52. The van der Waals surface area contributed by atoms with E-state index in [2.05, 4.69) is 10.2 Å². The van der Waals surface area contributed by atoms with E-state index in [0.29, 0.717) is 11.4 Å². The van der Waals surface area contributed by atoms with Gasteiger partial charge in [0, 0.05) is 10.8 Å². The molecule has 7 nitrogen and oxygen atoms in total. The molecule has 2 N–H and O–H groups in total. The van der Waals surface area contributed by atoms with E-state index in [4.69, 9.17) is 4.74 Å². The molecular formula is C17H14N2O5S. The van der Waals surface area contributed by atoms with Gasteiger partial charge in [-0.1, -0.05) is 24.3 Å². The Morgan fingerprint density at radius 2 is 1.64 bits per heavy atom. The number of rotatable bonds is 4. The highest BCUT2D eigenvalue weighted by Gasteiger charge is 2.18. The molecule has 3 aromatic carbocycles. The number of nitrogens with zero attached hydrogens (tertiary/aromatic N) is 2. The Morgan fingerprint density at radius 1 is 0.920 bits per heavy atom. The van der Waals surface area contributed by atoms with Gasteiger partial charge in [0.25, 0.3) is 10.1 Å². The number of phenolic OH excluding ortho intramolecular Hbond substituents is 1. The summed E-state index contributed by atoms with van der Waals surface area (Å²) in [5.74, 6) is 0.376. The molecule has 0 saturated carbocycles. The predicted molar refractivity (Wildman–Crippen MR) is 92.6 cm³/mol. The van der Waals surface area contributed by atoms with E-state index in [0.717, 1.165) is 0 Å². The van der Waals surface area contributed by atoms with Gasteiger partial charge in [0.05, 0.1) is 12.8 Å². The van der Waals surface area contributed by atoms with Crippen molar-refractivity contribution in [2.75, 3.05) is 7.11 Å². The summed E-state index contributed by atoms with van der Waals surface area (Å²) in [7, 11) is -3.00. The molecule has 3 aromatic rings. The first-order chi connectivity index (χ1) is 11.9. The summed E-state index contributed by atoms with van der Waals surface area (Å²) in [6, 6.07) is 13.9. The number of fused-ring (bicyclic) bond motifs is 1. The zero-order chi connectivity index (χ0) is 18.0. The molecule has 0 saturated heterocycles. The van der Waals surface area contributed by atoms with Crippen molar-refractivity contribution in [3.05, 3.63) is 54.6 Å². The van der Waals surface area contributed by atoms with Crippen molar-refractivity contribution in [1.82, 2.24) is 0 Å². The molecule has 0 aromatic heterocycles. The van der Waals surface area contributed by atoms with Gasteiger partial charge in [-0.25, -0.2) is 0 Å². The minimum absolute atomic E-state index is 0.0867. The quantitative estimate of drug-likeness (QED) is 0.536. The van der Waals surface area contributed by atoms with Gasteiger partial charge in [-0.3, -0.25) is 4.55 Å². The Balaban J connectivity index is 2.23. The Kier molecular flexibility index (Phi) is 4.39. The van der Waals surface area contributed by atoms with E-state index in [1.807, 2.05) is 0 Å². The topological polar surface area (TPSA) is 109 Å². The maximum atomic E-state index is 11.7. The maximum absolute atomic E-state index is 11.7. The molecule has 0 amide bonds. The lowest BCUT2D eigenvalue weighted by Gasteiger charge is -2.08. The first kappa shape index (κ1) is 16.9. The highest BCUT2D eigenvalue weighted by molar-refractivity contribution is 7.86. The minimum atomic E-state index is -4.50. The zero-order valence-electron chi connectivity index (χ0n) is 13.1. The molecule has 0 aliphatic heterocycles. The van der Waals surface area contributed by atoms with Crippen molar-refractivity contribution in [2.45, 2.75) is 4.90 Å². The number of ether oxygens (including phenoxy) is 1. The summed E-state index contributed by atoms with van der Waals surface area (Å²) >= 11 is 0. The van der Waals surface area contributed by atoms with Crippen LogP contribution >= 0.6 is 0 Å². The number of phenols is 1. The molecule has 0 radical (unpaired) electrons. The average molecular weight is 358 g/mol. The van der Waals surface area contributed by atoms with Crippen molar-refractivity contribution < 1.29 is 22.8 Å². The summed E-state index contributed by atoms with van der Waals surface area (Å²) in [5.41, 5.74) is 0.641. The molecular weight excluding hydrogens is 344 g/mol. The van der Waals surface area contributed by atoms with Crippen molar-refractivity contribution in [3.8, 4) is 11.5 Å². The smallest absolute Gasteiger partial charge is 0.295 e. The van der Waals surface area contributed by atoms with Crippen LogP contribution in [-0.4, -0.2) is 25.2 Å². The Labute approximate surface area is 144 Å². The Hall–Kier alpha value is -2.97. The summed E-state index contributed by atoms with van der Waals surface area (Å²) in [6.07, 6.45) is 0. The fourth-order valence-corrected chi connectivity index (χ4v) is 3.18. The summed E-state index contributed by atoms with van der Waals surface area (Å²) in [5, 5.41) is 18.5. The van der Waals surface area contributed by atoms with Gasteiger partial charge in [0.2, 0.25) is 0 Å². The fraction of sp³-hybridized carbons (Fsp3) is 0.0588. The van der Waals surface area contributed by atoms with E-state index in [1.54, 1.807) is 24.3 Å². The van der Waals surface area contributed by atoms with Crippen LogP contribution < -0.4 is 4.74 Å². The van der Waals surface area contributed by atoms with Gasteiger partial charge in [-0.2, -0.15) is 8.42 Å². The van der Waals surface area contributed by atoms with E-state index < -0.39 is 10.1 Å². The summed E-state index contributed by atoms with van der Waals surface area (Å²) in [4.78, 5) is -0.352. The first-order valence-corrected chi connectivity index (χ1v) is 8.63. The van der Waals surface area contributed by atoms with Gasteiger partial charge < -0.3 is 9.84 Å². The van der Waals surface area contributed by atoms with Crippen LogP contribution in [-0.2, 0) is 10.1 Å². The molecule has 128 valence electrons. The SMILES string of the molecule is COc1ccccc1N=Nc1ccc(O)c2cccc(S(=O)(=O)O)c12. The van der Waals surface area contributed by atoms with Gasteiger partial charge in [0.15, 0.2) is 0 Å². The Morgan fingerprint density at radius 3 is 2.36 bits per heavy atom. The van der Waals surface area contributed by atoms with E-state index in [1.165, 1.54) is 37.4 Å². The number of benzene rings is 3. The normalized spacial score (nSPS) is 11.9. The van der Waals surface area contributed by atoms with Crippen molar-refractivity contribution >= 4 is 32.3 Å². The molecule has 0 fully saturated rings. The van der Waals surface area contributed by atoms with Gasteiger partial charge in [-0.15, -0.1) is 10.2 Å². The van der Waals surface area contributed by atoms with Crippen molar-refractivity contribution in [3.63, 3.8) is 0 Å². The molecule has 0 bridgehead atoms. The van der Waals surface area contributed by atoms with E-state index in [-0.39, 0.29) is 27.1 Å². The van der Waals surface area contributed by atoms with Crippen molar-refractivity contribution in [1.29, 1.82) is 0 Å². The van der Waals surface area contributed by atoms with Crippen LogP contribution in [0.25, 0.3) is 10.8 Å². The molecule has 0 aliphatic rings. The van der Waals surface area contributed by atoms with Crippen LogP contribution in [0, 0.1) is 0 Å².